The molecule has 0 fully saturated rings. The van der Waals surface area contributed by atoms with Gasteiger partial charge in [-0.1, -0.05) is 12.1 Å². The number of nitrogens with zero attached hydrogens (tertiary/aromatic N) is 5. The summed E-state index contributed by atoms with van der Waals surface area (Å²) >= 11 is 0. The lowest BCUT2D eigenvalue weighted by molar-refractivity contribution is 0.411. The molecule has 0 N–H and O–H groups in total. The Morgan fingerprint density at radius 2 is 1.78 bits per heavy atom. The minimum absolute atomic E-state index is 0.0718. The topological polar surface area (TPSA) is 65.2 Å². The van der Waals surface area contributed by atoms with Crippen molar-refractivity contribution in [3.63, 3.8) is 0 Å². The molecule has 0 saturated heterocycles. The highest BCUT2D eigenvalue weighted by Crippen LogP contribution is 2.22. The summed E-state index contributed by atoms with van der Waals surface area (Å²) in [6, 6.07) is 6.17. The zero-order valence-corrected chi connectivity index (χ0v) is 11.8. The molecule has 0 unspecified atom stereocenters. The number of halogens is 1. The van der Waals surface area contributed by atoms with Crippen LogP contribution >= 0.6 is 0 Å². The third-order valence-corrected chi connectivity index (χ3v) is 3.24. The molecule has 0 amide bonds. The molecule has 112 valence electrons. The number of para-hydroxylation sites is 1. The number of fused-ring (bicyclic) bond motifs is 1. The average molecular weight is 307 g/mol. The smallest absolute Gasteiger partial charge is 0.322 e. The fourth-order valence-corrected chi connectivity index (χ4v) is 2.10. The highest BCUT2D eigenvalue weighted by Gasteiger charge is 2.07. The average Bonchev–Trinajstić information content (AvgIpc) is 3.05. The van der Waals surface area contributed by atoms with Gasteiger partial charge in [0.1, 0.15) is 0 Å². The van der Waals surface area contributed by atoms with E-state index in [9.17, 15) is 4.39 Å². The van der Waals surface area contributed by atoms with Crippen LogP contribution in [0, 0.1) is 5.82 Å². The van der Waals surface area contributed by atoms with Gasteiger partial charge in [-0.05, 0) is 12.1 Å². The first-order valence-electron chi connectivity index (χ1n) is 6.83. The number of ether oxygens (including phenoxy) is 1. The van der Waals surface area contributed by atoms with Crippen molar-refractivity contribution in [1.29, 1.82) is 0 Å². The Balaban J connectivity index is 1.61. The third kappa shape index (κ3) is 2.59. The van der Waals surface area contributed by atoms with Crippen molar-refractivity contribution in [2.24, 2.45) is 0 Å². The van der Waals surface area contributed by atoms with Crippen molar-refractivity contribution in [1.82, 2.24) is 24.3 Å². The largest absolute Gasteiger partial charge is 0.421 e. The first kappa shape index (κ1) is 13.3. The maximum absolute atomic E-state index is 13.5. The van der Waals surface area contributed by atoms with Crippen molar-refractivity contribution in [2.45, 2.75) is 0 Å². The van der Waals surface area contributed by atoms with Crippen molar-refractivity contribution in [2.75, 3.05) is 0 Å². The van der Waals surface area contributed by atoms with Gasteiger partial charge in [0.25, 0.3) is 0 Å². The maximum atomic E-state index is 13.5. The van der Waals surface area contributed by atoms with Crippen molar-refractivity contribution < 1.29 is 9.13 Å². The summed E-state index contributed by atoms with van der Waals surface area (Å²) < 4.78 is 20.7. The molecule has 3 heterocycles. The van der Waals surface area contributed by atoms with Crippen molar-refractivity contribution in [3.8, 4) is 23.0 Å². The van der Waals surface area contributed by atoms with Gasteiger partial charge < -0.3 is 9.14 Å². The summed E-state index contributed by atoms with van der Waals surface area (Å²) in [6.45, 7) is 0. The fourth-order valence-electron chi connectivity index (χ4n) is 2.10. The summed E-state index contributed by atoms with van der Waals surface area (Å²) in [5.74, 6) is -0.384. The lowest BCUT2D eigenvalue weighted by Gasteiger charge is -2.05. The Morgan fingerprint density at radius 1 is 0.957 bits per heavy atom. The first-order valence-corrected chi connectivity index (χ1v) is 6.83. The number of hydrogen-bond acceptors (Lipinski definition) is 5. The molecule has 23 heavy (non-hydrogen) atoms. The SMILES string of the molecule is Fc1ccccc1Oc1ncc(-c2cn3ccnc3cn2)cn1. The van der Waals surface area contributed by atoms with Gasteiger partial charge in [0, 0.05) is 36.5 Å². The molecule has 7 heteroatoms. The summed E-state index contributed by atoms with van der Waals surface area (Å²) in [5, 5.41) is 0. The lowest BCUT2D eigenvalue weighted by atomic mass is 10.2. The van der Waals surface area contributed by atoms with Crippen LogP contribution < -0.4 is 4.74 Å². The zero-order chi connectivity index (χ0) is 15.6. The van der Waals surface area contributed by atoms with E-state index in [4.69, 9.17) is 4.74 Å². The van der Waals surface area contributed by atoms with Gasteiger partial charge in [-0.3, -0.25) is 4.98 Å². The number of benzene rings is 1. The van der Waals surface area contributed by atoms with Gasteiger partial charge in [0.05, 0.1) is 11.9 Å². The van der Waals surface area contributed by atoms with E-state index in [1.165, 1.54) is 12.1 Å². The van der Waals surface area contributed by atoms with E-state index in [0.717, 1.165) is 11.2 Å². The van der Waals surface area contributed by atoms with Crippen LogP contribution in [-0.2, 0) is 0 Å². The summed E-state index contributed by atoms with van der Waals surface area (Å²) in [6.07, 6.45) is 10.2. The monoisotopic (exact) mass is 307 g/mol. The molecule has 0 spiro atoms. The van der Waals surface area contributed by atoms with Gasteiger partial charge in [0.15, 0.2) is 17.2 Å². The van der Waals surface area contributed by atoms with Crippen molar-refractivity contribution in [3.05, 3.63) is 67.3 Å². The molecule has 0 saturated carbocycles. The van der Waals surface area contributed by atoms with Crippen LogP contribution in [-0.4, -0.2) is 24.3 Å². The molecular formula is C16H10FN5O. The van der Waals surface area contributed by atoms with E-state index in [1.807, 2.05) is 16.8 Å². The second-order valence-electron chi connectivity index (χ2n) is 4.75. The highest BCUT2D eigenvalue weighted by molar-refractivity contribution is 5.57. The molecule has 4 aromatic rings. The van der Waals surface area contributed by atoms with Crippen LogP contribution in [0.5, 0.6) is 11.8 Å². The van der Waals surface area contributed by atoms with E-state index in [0.29, 0.717) is 5.69 Å². The lowest BCUT2D eigenvalue weighted by Crippen LogP contribution is -1.95. The Labute approximate surface area is 130 Å². The van der Waals surface area contributed by atoms with Crippen LogP contribution in [0.15, 0.2) is 61.4 Å². The van der Waals surface area contributed by atoms with E-state index in [1.54, 1.807) is 36.9 Å². The van der Waals surface area contributed by atoms with E-state index >= 15 is 0 Å². The molecule has 0 aliphatic heterocycles. The van der Waals surface area contributed by atoms with E-state index in [-0.39, 0.29) is 11.8 Å². The number of aromatic nitrogens is 5. The zero-order valence-electron chi connectivity index (χ0n) is 11.8. The van der Waals surface area contributed by atoms with Gasteiger partial charge in [-0.25, -0.2) is 19.3 Å². The second-order valence-corrected chi connectivity index (χ2v) is 4.75. The predicted octanol–water partition coefficient (Wildman–Crippen LogP) is 3.12. The molecule has 0 radical (unpaired) electrons. The van der Waals surface area contributed by atoms with Crippen LogP contribution in [0.2, 0.25) is 0 Å². The second kappa shape index (κ2) is 5.45. The number of rotatable bonds is 3. The maximum Gasteiger partial charge on any atom is 0.322 e. The van der Waals surface area contributed by atoms with Crippen LogP contribution in [0.1, 0.15) is 0 Å². The summed E-state index contributed by atoms with van der Waals surface area (Å²) in [7, 11) is 0. The van der Waals surface area contributed by atoms with Crippen LogP contribution in [0.3, 0.4) is 0 Å². The van der Waals surface area contributed by atoms with Gasteiger partial charge in [-0.2, -0.15) is 0 Å². The van der Waals surface area contributed by atoms with Gasteiger partial charge >= 0.3 is 6.01 Å². The van der Waals surface area contributed by atoms with Crippen LogP contribution in [0.4, 0.5) is 4.39 Å². The Morgan fingerprint density at radius 3 is 2.61 bits per heavy atom. The molecule has 6 nitrogen and oxygen atoms in total. The van der Waals surface area contributed by atoms with E-state index < -0.39 is 5.82 Å². The quantitative estimate of drug-likeness (QED) is 0.582. The van der Waals surface area contributed by atoms with Gasteiger partial charge in [0.2, 0.25) is 0 Å². The first-order chi connectivity index (χ1) is 11.3. The van der Waals surface area contributed by atoms with Gasteiger partial charge in [-0.15, -0.1) is 0 Å². The standard InChI is InChI=1S/C16H10FN5O/c17-12-3-1-2-4-14(12)23-16-20-7-11(8-21-16)13-10-22-6-5-18-15(22)9-19-13/h1-10H. The molecule has 0 atom stereocenters. The molecule has 0 bridgehead atoms. The Hall–Kier alpha value is -3.35. The number of imidazole rings is 1. The molecule has 0 aliphatic carbocycles. The molecule has 0 aliphatic rings. The summed E-state index contributed by atoms with van der Waals surface area (Å²) in [4.78, 5) is 16.6. The minimum atomic E-state index is -0.465. The minimum Gasteiger partial charge on any atom is -0.421 e. The van der Waals surface area contributed by atoms with Crippen LogP contribution in [0.25, 0.3) is 16.9 Å². The highest BCUT2D eigenvalue weighted by atomic mass is 19.1. The van der Waals surface area contributed by atoms with E-state index in [2.05, 4.69) is 19.9 Å². The normalized spacial score (nSPS) is 10.8. The predicted molar refractivity (Wildman–Crippen MR) is 80.5 cm³/mol. The Bertz CT molecular complexity index is 968. The molecular weight excluding hydrogens is 297 g/mol. The fraction of sp³-hybridized carbons (Fsp3) is 0. The molecule has 1 aromatic carbocycles. The van der Waals surface area contributed by atoms with Crippen molar-refractivity contribution >= 4 is 5.65 Å². The number of hydrogen-bond donors (Lipinski definition) is 0. The third-order valence-electron chi connectivity index (χ3n) is 3.24. The molecule has 4 rings (SSSR count). The molecule has 3 aromatic heterocycles. The Kier molecular flexibility index (Phi) is 3.16. The summed E-state index contributed by atoms with van der Waals surface area (Å²) in [5.41, 5.74) is 2.18.